The van der Waals surface area contributed by atoms with E-state index in [1.54, 1.807) is 0 Å². The third-order valence-electron chi connectivity index (χ3n) is 3.59. The number of aryl methyl sites for hydroxylation is 2. The molecular formula is C16H24ClN3. The van der Waals surface area contributed by atoms with Gasteiger partial charge in [0.05, 0.1) is 11.0 Å². The Morgan fingerprint density at radius 3 is 2.75 bits per heavy atom. The molecule has 0 aliphatic carbocycles. The zero-order valence-corrected chi connectivity index (χ0v) is 13.0. The number of nitrogens with two attached hydrogens (primary N) is 1. The molecule has 0 fully saturated rings. The van der Waals surface area contributed by atoms with Crippen LogP contribution in [0.15, 0.2) is 18.2 Å². The SMILES string of the molecule is CCCn1c(CCCCCCN)nc2ccc(Cl)cc21. The van der Waals surface area contributed by atoms with Crippen LogP contribution in [-0.2, 0) is 13.0 Å². The number of hydrogen-bond acceptors (Lipinski definition) is 2. The van der Waals surface area contributed by atoms with Gasteiger partial charge < -0.3 is 10.3 Å². The molecule has 0 aliphatic heterocycles. The lowest BCUT2D eigenvalue weighted by molar-refractivity contribution is 0.601. The minimum absolute atomic E-state index is 0.782. The highest BCUT2D eigenvalue weighted by molar-refractivity contribution is 6.31. The van der Waals surface area contributed by atoms with E-state index < -0.39 is 0 Å². The van der Waals surface area contributed by atoms with E-state index in [1.807, 2.05) is 18.2 Å². The van der Waals surface area contributed by atoms with Gasteiger partial charge in [0.15, 0.2) is 0 Å². The first-order chi connectivity index (χ1) is 9.76. The van der Waals surface area contributed by atoms with E-state index in [0.717, 1.165) is 48.4 Å². The monoisotopic (exact) mass is 293 g/mol. The number of nitrogens with zero attached hydrogens (tertiary/aromatic N) is 2. The maximum Gasteiger partial charge on any atom is 0.109 e. The Kier molecular flexibility index (Phi) is 5.86. The average Bonchev–Trinajstić information content (AvgIpc) is 2.77. The van der Waals surface area contributed by atoms with E-state index in [9.17, 15) is 0 Å². The molecule has 0 spiro atoms. The molecule has 0 unspecified atom stereocenters. The summed E-state index contributed by atoms with van der Waals surface area (Å²) >= 11 is 6.11. The Labute approximate surface area is 126 Å². The largest absolute Gasteiger partial charge is 0.330 e. The summed E-state index contributed by atoms with van der Waals surface area (Å²) in [7, 11) is 0. The molecule has 1 heterocycles. The minimum Gasteiger partial charge on any atom is -0.330 e. The molecule has 2 rings (SSSR count). The minimum atomic E-state index is 0.782. The van der Waals surface area contributed by atoms with Gasteiger partial charge in [0, 0.05) is 18.0 Å². The van der Waals surface area contributed by atoms with Gasteiger partial charge >= 0.3 is 0 Å². The maximum atomic E-state index is 6.11. The molecule has 0 saturated heterocycles. The Hall–Kier alpha value is -1.06. The van der Waals surface area contributed by atoms with E-state index in [-0.39, 0.29) is 0 Å². The lowest BCUT2D eigenvalue weighted by Crippen LogP contribution is -2.04. The summed E-state index contributed by atoms with van der Waals surface area (Å²) in [5.41, 5.74) is 7.74. The summed E-state index contributed by atoms with van der Waals surface area (Å²) in [4.78, 5) is 4.77. The van der Waals surface area contributed by atoms with Crippen molar-refractivity contribution in [2.75, 3.05) is 6.54 Å². The summed E-state index contributed by atoms with van der Waals surface area (Å²) < 4.78 is 2.32. The second-order valence-corrected chi connectivity index (χ2v) is 5.70. The van der Waals surface area contributed by atoms with Crippen LogP contribution in [0.1, 0.15) is 44.9 Å². The molecule has 1 aromatic carbocycles. The Morgan fingerprint density at radius 1 is 1.20 bits per heavy atom. The van der Waals surface area contributed by atoms with Crippen LogP contribution in [0.3, 0.4) is 0 Å². The highest BCUT2D eigenvalue weighted by atomic mass is 35.5. The van der Waals surface area contributed by atoms with Crippen molar-refractivity contribution in [1.82, 2.24) is 9.55 Å². The van der Waals surface area contributed by atoms with Crippen molar-refractivity contribution in [1.29, 1.82) is 0 Å². The molecule has 0 bridgehead atoms. The zero-order chi connectivity index (χ0) is 14.4. The number of rotatable bonds is 8. The van der Waals surface area contributed by atoms with Crippen LogP contribution in [0, 0.1) is 0 Å². The van der Waals surface area contributed by atoms with Crippen LogP contribution in [0.4, 0.5) is 0 Å². The number of aromatic nitrogens is 2. The van der Waals surface area contributed by atoms with Crippen molar-refractivity contribution < 1.29 is 0 Å². The first-order valence-corrected chi connectivity index (χ1v) is 7.98. The molecule has 3 nitrogen and oxygen atoms in total. The summed E-state index contributed by atoms with van der Waals surface area (Å²) in [6, 6.07) is 5.96. The lowest BCUT2D eigenvalue weighted by Gasteiger charge is -2.07. The zero-order valence-electron chi connectivity index (χ0n) is 12.2. The number of benzene rings is 1. The van der Waals surface area contributed by atoms with E-state index in [1.165, 1.54) is 25.1 Å². The van der Waals surface area contributed by atoms with E-state index in [0.29, 0.717) is 0 Å². The summed E-state index contributed by atoms with van der Waals surface area (Å²) in [6.07, 6.45) is 6.90. The maximum absolute atomic E-state index is 6.11. The predicted molar refractivity (Wildman–Crippen MR) is 86.3 cm³/mol. The van der Waals surface area contributed by atoms with Crippen LogP contribution in [-0.4, -0.2) is 16.1 Å². The first-order valence-electron chi connectivity index (χ1n) is 7.61. The van der Waals surface area contributed by atoms with Crippen molar-refractivity contribution in [3.8, 4) is 0 Å². The van der Waals surface area contributed by atoms with Gasteiger partial charge in [0.2, 0.25) is 0 Å². The van der Waals surface area contributed by atoms with Crippen molar-refractivity contribution in [3.63, 3.8) is 0 Å². The van der Waals surface area contributed by atoms with E-state index in [4.69, 9.17) is 22.3 Å². The number of fused-ring (bicyclic) bond motifs is 1. The molecule has 110 valence electrons. The second kappa shape index (κ2) is 7.65. The van der Waals surface area contributed by atoms with Gasteiger partial charge in [-0.05, 0) is 44.0 Å². The average molecular weight is 294 g/mol. The molecule has 0 radical (unpaired) electrons. The number of unbranched alkanes of at least 4 members (excludes halogenated alkanes) is 3. The van der Waals surface area contributed by atoms with Crippen LogP contribution in [0.2, 0.25) is 5.02 Å². The molecule has 0 saturated carbocycles. The van der Waals surface area contributed by atoms with Gasteiger partial charge in [-0.3, -0.25) is 0 Å². The van der Waals surface area contributed by atoms with Gasteiger partial charge in [-0.1, -0.05) is 31.4 Å². The van der Waals surface area contributed by atoms with E-state index in [2.05, 4.69) is 11.5 Å². The van der Waals surface area contributed by atoms with Crippen LogP contribution >= 0.6 is 11.6 Å². The third-order valence-corrected chi connectivity index (χ3v) is 3.83. The van der Waals surface area contributed by atoms with Crippen molar-refractivity contribution in [3.05, 3.63) is 29.0 Å². The number of imidazole rings is 1. The van der Waals surface area contributed by atoms with Crippen LogP contribution in [0.5, 0.6) is 0 Å². The molecule has 1 aromatic heterocycles. The molecule has 2 aromatic rings. The normalized spacial score (nSPS) is 11.3. The third kappa shape index (κ3) is 3.74. The lowest BCUT2D eigenvalue weighted by atomic mass is 10.1. The van der Waals surface area contributed by atoms with Crippen molar-refractivity contribution >= 4 is 22.6 Å². The summed E-state index contributed by atoms with van der Waals surface area (Å²) in [6.45, 7) is 4.00. The smallest absolute Gasteiger partial charge is 0.109 e. The van der Waals surface area contributed by atoms with E-state index >= 15 is 0 Å². The highest BCUT2D eigenvalue weighted by Crippen LogP contribution is 2.22. The Balaban J connectivity index is 2.12. The molecule has 0 amide bonds. The summed E-state index contributed by atoms with van der Waals surface area (Å²) in [5.74, 6) is 1.19. The predicted octanol–water partition coefficient (Wildman–Crippen LogP) is 4.16. The molecule has 4 heteroatoms. The molecular weight excluding hydrogens is 270 g/mol. The molecule has 0 atom stereocenters. The topological polar surface area (TPSA) is 43.8 Å². The standard InChI is InChI=1S/C16H24ClN3/c1-2-11-20-15-12-13(17)8-9-14(15)19-16(20)7-5-3-4-6-10-18/h8-9,12H,2-7,10-11,18H2,1H3. The van der Waals surface area contributed by atoms with Crippen molar-refractivity contribution in [2.45, 2.75) is 52.0 Å². The van der Waals surface area contributed by atoms with Gasteiger partial charge in [-0.2, -0.15) is 0 Å². The summed E-state index contributed by atoms with van der Waals surface area (Å²) in [5, 5.41) is 0.782. The fourth-order valence-electron chi connectivity index (χ4n) is 2.59. The Morgan fingerprint density at radius 2 is 2.00 bits per heavy atom. The van der Waals surface area contributed by atoms with Crippen molar-refractivity contribution in [2.24, 2.45) is 5.73 Å². The van der Waals surface area contributed by atoms with Gasteiger partial charge in [0.25, 0.3) is 0 Å². The molecule has 0 aliphatic rings. The molecule has 20 heavy (non-hydrogen) atoms. The number of halogens is 1. The highest BCUT2D eigenvalue weighted by Gasteiger charge is 2.10. The number of hydrogen-bond donors (Lipinski definition) is 1. The fourth-order valence-corrected chi connectivity index (χ4v) is 2.76. The molecule has 2 N–H and O–H groups in total. The second-order valence-electron chi connectivity index (χ2n) is 5.27. The van der Waals surface area contributed by atoms with Crippen LogP contribution < -0.4 is 5.73 Å². The first kappa shape index (κ1) is 15.3. The van der Waals surface area contributed by atoms with Crippen LogP contribution in [0.25, 0.3) is 11.0 Å². The van der Waals surface area contributed by atoms with Gasteiger partial charge in [-0.15, -0.1) is 0 Å². The van der Waals surface area contributed by atoms with Gasteiger partial charge in [-0.25, -0.2) is 4.98 Å². The quantitative estimate of drug-likeness (QED) is 0.743. The Bertz CT molecular complexity index is 548. The fraction of sp³-hybridized carbons (Fsp3) is 0.562. The van der Waals surface area contributed by atoms with Gasteiger partial charge in [0.1, 0.15) is 5.82 Å².